The molecule has 3 rings (SSSR count). The van der Waals surface area contributed by atoms with E-state index in [0.717, 1.165) is 29.8 Å². The predicted molar refractivity (Wildman–Crippen MR) is 89.9 cm³/mol. The Balaban J connectivity index is 0.00000176. The van der Waals surface area contributed by atoms with Gasteiger partial charge >= 0.3 is 0 Å². The fraction of sp³-hybridized carbons (Fsp3) is 0.250. The molecule has 0 spiro atoms. The number of aromatic amines is 1. The number of aromatic nitrogens is 1. The van der Waals surface area contributed by atoms with Gasteiger partial charge in [-0.15, -0.1) is 12.4 Å². The zero-order valence-corrected chi connectivity index (χ0v) is 13.1. The Bertz CT molecular complexity index is 770. The number of rotatable bonds is 1. The lowest BCUT2D eigenvalue weighted by Gasteiger charge is -2.30. The van der Waals surface area contributed by atoms with Crippen LogP contribution in [0, 0.1) is 6.92 Å². The minimum Gasteiger partial charge on any atom is -0.398 e. The zero-order valence-electron chi connectivity index (χ0n) is 12.3. The number of carbonyl (C=O) groups is 1. The Morgan fingerprint density at radius 3 is 2.86 bits per heavy atom. The lowest BCUT2D eigenvalue weighted by atomic mass is 9.98. The van der Waals surface area contributed by atoms with Crippen molar-refractivity contribution < 1.29 is 4.79 Å². The van der Waals surface area contributed by atoms with Gasteiger partial charge in [-0.25, -0.2) is 0 Å². The molecular formula is C16H18ClN3O2. The second kappa shape index (κ2) is 6.23. The van der Waals surface area contributed by atoms with Crippen molar-refractivity contribution in [2.24, 2.45) is 0 Å². The van der Waals surface area contributed by atoms with Gasteiger partial charge in [0.05, 0.1) is 5.56 Å². The first-order valence-corrected chi connectivity index (χ1v) is 6.96. The van der Waals surface area contributed by atoms with E-state index in [-0.39, 0.29) is 23.9 Å². The summed E-state index contributed by atoms with van der Waals surface area (Å²) in [6.07, 6.45) is 3.26. The second-order valence-corrected chi connectivity index (χ2v) is 5.30. The number of aryl methyl sites for hydroxylation is 1. The molecule has 0 fully saturated rings. The maximum atomic E-state index is 12.8. The Morgan fingerprint density at radius 2 is 2.14 bits per heavy atom. The quantitative estimate of drug-likeness (QED) is 0.791. The Labute approximate surface area is 134 Å². The first-order chi connectivity index (χ1) is 10.1. The van der Waals surface area contributed by atoms with Crippen molar-refractivity contribution in [2.45, 2.75) is 19.8 Å². The van der Waals surface area contributed by atoms with Crippen LogP contribution in [-0.4, -0.2) is 17.4 Å². The number of hydrogen-bond donors (Lipinski definition) is 2. The van der Waals surface area contributed by atoms with Crippen LogP contribution < -0.4 is 16.2 Å². The molecule has 1 amide bonds. The van der Waals surface area contributed by atoms with Crippen molar-refractivity contribution in [3.8, 4) is 0 Å². The van der Waals surface area contributed by atoms with Gasteiger partial charge in [0.1, 0.15) is 0 Å². The number of hydrogen-bond acceptors (Lipinski definition) is 3. The number of halogens is 1. The van der Waals surface area contributed by atoms with E-state index in [2.05, 4.69) is 4.98 Å². The van der Waals surface area contributed by atoms with E-state index in [1.54, 1.807) is 11.8 Å². The van der Waals surface area contributed by atoms with Crippen LogP contribution in [0.2, 0.25) is 0 Å². The van der Waals surface area contributed by atoms with Gasteiger partial charge < -0.3 is 15.6 Å². The van der Waals surface area contributed by atoms with Crippen LogP contribution in [0.4, 0.5) is 11.4 Å². The number of fused-ring (bicyclic) bond motifs is 1. The highest BCUT2D eigenvalue weighted by atomic mass is 35.5. The maximum absolute atomic E-state index is 12.8. The summed E-state index contributed by atoms with van der Waals surface area (Å²) in [5.41, 5.74) is 9.63. The molecule has 0 saturated heterocycles. The van der Waals surface area contributed by atoms with E-state index < -0.39 is 0 Å². The lowest BCUT2D eigenvalue weighted by molar-refractivity contribution is 0.0984. The van der Waals surface area contributed by atoms with Gasteiger partial charge in [0.25, 0.3) is 5.91 Å². The lowest BCUT2D eigenvalue weighted by Crippen LogP contribution is -2.36. The van der Waals surface area contributed by atoms with Crippen molar-refractivity contribution >= 4 is 29.7 Å². The van der Waals surface area contributed by atoms with Crippen LogP contribution in [0.3, 0.4) is 0 Å². The van der Waals surface area contributed by atoms with E-state index in [4.69, 9.17) is 5.73 Å². The summed E-state index contributed by atoms with van der Waals surface area (Å²) in [5, 5.41) is 0. The van der Waals surface area contributed by atoms with Crippen LogP contribution >= 0.6 is 12.4 Å². The molecule has 1 aliphatic rings. The molecule has 1 aromatic carbocycles. The summed E-state index contributed by atoms with van der Waals surface area (Å²) in [4.78, 5) is 28.4. The first kappa shape index (κ1) is 16.1. The molecule has 6 heteroatoms. The van der Waals surface area contributed by atoms with E-state index in [9.17, 15) is 9.59 Å². The molecule has 2 heterocycles. The summed E-state index contributed by atoms with van der Waals surface area (Å²) in [5.74, 6) is -0.102. The number of amides is 1. The Kier molecular flexibility index (Phi) is 4.56. The van der Waals surface area contributed by atoms with Gasteiger partial charge in [0, 0.05) is 30.2 Å². The third-order valence-corrected chi connectivity index (χ3v) is 3.89. The number of pyridine rings is 1. The SMILES string of the molecule is Cc1cc(=O)[nH]cc1C(=O)N1CCCc2c(N)cccc21.Cl. The topological polar surface area (TPSA) is 79.2 Å². The standard InChI is InChI=1S/C16H17N3O2.ClH/c1-10-8-15(20)18-9-12(10)16(21)19-7-3-4-11-13(17)5-2-6-14(11)19;/h2,5-6,8-9H,3-4,7,17H2,1H3,(H,18,20);1H. The fourth-order valence-corrected chi connectivity index (χ4v) is 2.81. The van der Waals surface area contributed by atoms with Crippen molar-refractivity contribution in [1.82, 2.24) is 4.98 Å². The average molecular weight is 320 g/mol. The molecule has 0 unspecified atom stereocenters. The number of benzene rings is 1. The van der Waals surface area contributed by atoms with E-state index in [0.29, 0.717) is 17.7 Å². The predicted octanol–water partition coefficient (Wildman–Crippen LogP) is 2.28. The van der Waals surface area contributed by atoms with Crippen molar-refractivity contribution in [2.75, 3.05) is 17.2 Å². The molecular weight excluding hydrogens is 302 g/mol. The molecule has 116 valence electrons. The minimum absolute atomic E-state index is 0. The van der Waals surface area contributed by atoms with Gasteiger partial charge in [-0.2, -0.15) is 0 Å². The van der Waals surface area contributed by atoms with E-state index in [1.165, 1.54) is 12.3 Å². The molecule has 0 atom stereocenters. The third-order valence-electron chi connectivity index (χ3n) is 3.89. The first-order valence-electron chi connectivity index (χ1n) is 6.96. The van der Waals surface area contributed by atoms with Crippen LogP contribution in [0.25, 0.3) is 0 Å². The molecule has 0 radical (unpaired) electrons. The van der Waals surface area contributed by atoms with Crippen LogP contribution in [0.1, 0.15) is 27.9 Å². The smallest absolute Gasteiger partial charge is 0.260 e. The highest BCUT2D eigenvalue weighted by Crippen LogP contribution is 2.32. The van der Waals surface area contributed by atoms with E-state index in [1.807, 2.05) is 18.2 Å². The number of H-pyrrole nitrogens is 1. The number of anilines is 2. The highest BCUT2D eigenvalue weighted by molar-refractivity contribution is 6.07. The summed E-state index contributed by atoms with van der Waals surface area (Å²) in [7, 11) is 0. The molecule has 2 aromatic rings. The maximum Gasteiger partial charge on any atom is 0.260 e. The normalized spacial score (nSPS) is 13.2. The molecule has 0 aliphatic carbocycles. The molecule has 1 aliphatic heterocycles. The van der Waals surface area contributed by atoms with Gasteiger partial charge in [0.15, 0.2) is 0 Å². The van der Waals surface area contributed by atoms with Crippen molar-refractivity contribution in [1.29, 1.82) is 0 Å². The molecule has 1 aromatic heterocycles. The van der Waals surface area contributed by atoms with Crippen LogP contribution in [0.15, 0.2) is 35.3 Å². The second-order valence-electron chi connectivity index (χ2n) is 5.30. The third kappa shape index (κ3) is 2.72. The van der Waals surface area contributed by atoms with Crippen molar-refractivity contribution in [3.63, 3.8) is 0 Å². The van der Waals surface area contributed by atoms with Crippen LogP contribution in [-0.2, 0) is 6.42 Å². The summed E-state index contributed by atoms with van der Waals surface area (Å²) in [6, 6.07) is 7.08. The molecule has 22 heavy (non-hydrogen) atoms. The van der Waals surface area contributed by atoms with Gasteiger partial charge in [-0.05, 0) is 43.0 Å². The summed E-state index contributed by atoms with van der Waals surface area (Å²) in [6.45, 7) is 2.43. The van der Waals surface area contributed by atoms with Crippen LogP contribution in [0.5, 0.6) is 0 Å². The number of nitrogen functional groups attached to an aromatic ring is 1. The monoisotopic (exact) mass is 319 g/mol. The molecule has 0 saturated carbocycles. The number of nitrogens with two attached hydrogens (primary N) is 1. The Hall–Kier alpha value is -2.27. The molecule has 5 nitrogen and oxygen atoms in total. The highest BCUT2D eigenvalue weighted by Gasteiger charge is 2.25. The van der Waals surface area contributed by atoms with Gasteiger partial charge in [-0.1, -0.05) is 6.07 Å². The summed E-state index contributed by atoms with van der Waals surface area (Å²) >= 11 is 0. The summed E-state index contributed by atoms with van der Waals surface area (Å²) < 4.78 is 0. The van der Waals surface area contributed by atoms with Gasteiger partial charge in [-0.3, -0.25) is 9.59 Å². The molecule has 3 N–H and O–H groups in total. The number of nitrogens with zero attached hydrogens (tertiary/aromatic N) is 1. The number of nitrogens with one attached hydrogen (secondary N) is 1. The molecule has 0 bridgehead atoms. The zero-order chi connectivity index (χ0) is 15.0. The Morgan fingerprint density at radius 1 is 1.36 bits per heavy atom. The van der Waals surface area contributed by atoms with Gasteiger partial charge in [0.2, 0.25) is 5.56 Å². The largest absolute Gasteiger partial charge is 0.398 e. The van der Waals surface area contributed by atoms with E-state index >= 15 is 0 Å². The fourth-order valence-electron chi connectivity index (χ4n) is 2.81. The van der Waals surface area contributed by atoms with Crippen molar-refractivity contribution in [3.05, 3.63) is 57.5 Å². The number of carbonyl (C=O) groups excluding carboxylic acids is 1. The minimum atomic E-state index is -0.202. The average Bonchev–Trinajstić information content (AvgIpc) is 2.46.